The summed E-state index contributed by atoms with van der Waals surface area (Å²) in [5.41, 5.74) is 5.12. The Morgan fingerprint density at radius 1 is 1.33 bits per heavy atom. The first-order valence-electron chi connectivity index (χ1n) is 5.46. The number of carbonyl (C=O) groups is 1. The molecular weight excluding hydrogens is 254 g/mol. The molecule has 0 unspecified atom stereocenters. The summed E-state index contributed by atoms with van der Waals surface area (Å²) in [5.74, 6) is -0.544. The van der Waals surface area contributed by atoms with Crippen molar-refractivity contribution in [1.82, 2.24) is 0 Å². The molecule has 2 N–H and O–H groups in total. The number of rotatable bonds is 4. The first-order chi connectivity index (χ1) is 8.19. The van der Waals surface area contributed by atoms with E-state index in [4.69, 9.17) is 10.5 Å². The number of hydrogen-bond acceptors (Lipinski definition) is 5. The molecule has 18 heavy (non-hydrogen) atoms. The summed E-state index contributed by atoms with van der Waals surface area (Å²) in [7, 11) is -3.25. The van der Waals surface area contributed by atoms with Crippen LogP contribution in [0, 0.1) is 0 Å². The molecule has 100 valence electrons. The Morgan fingerprint density at radius 3 is 2.22 bits per heavy atom. The molecule has 6 heteroatoms. The van der Waals surface area contributed by atoms with Crippen LogP contribution in [0.15, 0.2) is 29.2 Å². The maximum atomic E-state index is 11.7. The van der Waals surface area contributed by atoms with Gasteiger partial charge in [0.25, 0.3) is 0 Å². The SMILES string of the molecule is CCOC(=O)[C@@](C)(N)c1ccc(S(C)(=O)=O)cc1. The Labute approximate surface area is 107 Å². The highest BCUT2D eigenvalue weighted by molar-refractivity contribution is 7.90. The van der Waals surface area contributed by atoms with Crippen molar-refractivity contribution in [3.63, 3.8) is 0 Å². The molecular formula is C12H17NO4S. The van der Waals surface area contributed by atoms with Gasteiger partial charge in [0.05, 0.1) is 11.5 Å². The van der Waals surface area contributed by atoms with E-state index < -0.39 is 21.3 Å². The highest BCUT2D eigenvalue weighted by Gasteiger charge is 2.32. The second kappa shape index (κ2) is 5.07. The summed E-state index contributed by atoms with van der Waals surface area (Å²) in [4.78, 5) is 11.9. The summed E-state index contributed by atoms with van der Waals surface area (Å²) in [5, 5.41) is 0. The van der Waals surface area contributed by atoms with Crippen molar-refractivity contribution in [1.29, 1.82) is 0 Å². The lowest BCUT2D eigenvalue weighted by molar-refractivity contribution is -0.149. The molecule has 0 saturated carbocycles. The van der Waals surface area contributed by atoms with E-state index in [-0.39, 0.29) is 11.5 Å². The Kier molecular flexibility index (Phi) is 4.13. The monoisotopic (exact) mass is 271 g/mol. The third-order valence-corrected chi connectivity index (χ3v) is 3.71. The quantitative estimate of drug-likeness (QED) is 0.820. The van der Waals surface area contributed by atoms with Gasteiger partial charge in [0.2, 0.25) is 0 Å². The maximum Gasteiger partial charge on any atom is 0.330 e. The average Bonchev–Trinajstić information content (AvgIpc) is 2.28. The van der Waals surface area contributed by atoms with Gasteiger partial charge in [0, 0.05) is 6.26 Å². The van der Waals surface area contributed by atoms with E-state index in [1.54, 1.807) is 6.92 Å². The second-order valence-electron chi connectivity index (χ2n) is 4.22. The van der Waals surface area contributed by atoms with Crippen LogP contribution in [0.4, 0.5) is 0 Å². The van der Waals surface area contributed by atoms with Crippen molar-refractivity contribution in [3.8, 4) is 0 Å². The van der Waals surface area contributed by atoms with Crippen LogP contribution in [0.1, 0.15) is 19.4 Å². The number of ether oxygens (including phenoxy) is 1. The zero-order chi connectivity index (χ0) is 14.0. The van der Waals surface area contributed by atoms with Gasteiger partial charge >= 0.3 is 5.97 Å². The second-order valence-corrected chi connectivity index (χ2v) is 6.24. The zero-order valence-corrected chi connectivity index (χ0v) is 11.5. The van der Waals surface area contributed by atoms with Crippen molar-refractivity contribution >= 4 is 15.8 Å². The molecule has 0 heterocycles. The van der Waals surface area contributed by atoms with Crippen molar-refractivity contribution in [3.05, 3.63) is 29.8 Å². The van der Waals surface area contributed by atoms with Crippen molar-refractivity contribution in [2.24, 2.45) is 5.73 Å². The van der Waals surface area contributed by atoms with Gasteiger partial charge in [-0.05, 0) is 31.5 Å². The molecule has 5 nitrogen and oxygen atoms in total. The fourth-order valence-corrected chi connectivity index (χ4v) is 2.08. The predicted molar refractivity (Wildman–Crippen MR) is 67.7 cm³/mol. The smallest absolute Gasteiger partial charge is 0.330 e. The molecule has 0 bridgehead atoms. The van der Waals surface area contributed by atoms with Crippen molar-refractivity contribution in [2.75, 3.05) is 12.9 Å². The Morgan fingerprint density at radius 2 is 1.83 bits per heavy atom. The number of hydrogen-bond donors (Lipinski definition) is 1. The molecule has 0 saturated heterocycles. The minimum Gasteiger partial charge on any atom is -0.464 e. The van der Waals surface area contributed by atoms with Crippen LogP contribution in [0.2, 0.25) is 0 Å². The van der Waals surface area contributed by atoms with Crippen LogP contribution >= 0.6 is 0 Å². The van der Waals surface area contributed by atoms with E-state index >= 15 is 0 Å². The third-order valence-electron chi connectivity index (χ3n) is 2.58. The van der Waals surface area contributed by atoms with E-state index in [0.29, 0.717) is 5.56 Å². The van der Waals surface area contributed by atoms with E-state index in [1.165, 1.54) is 31.2 Å². The standard InChI is InChI=1S/C12H17NO4S/c1-4-17-11(14)12(2,13)9-5-7-10(8-6-9)18(3,15)16/h5-8H,4,13H2,1-3H3/t12-/m0/s1. The Balaban J connectivity index is 3.08. The normalized spacial score (nSPS) is 14.9. The fraction of sp³-hybridized carbons (Fsp3) is 0.417. The lowest BCUT2D eigenvalue weighted by Crippen LogP contribution is -2.43. The molecule has 0 amide bonds. The zero-order valence-electron chi connectivity index (χ0n) is 10.6. The molecule has 1 rings (SSSR count). The largest absolute Gasteiger partial charge is 0.464 e. The predicted octanol–water partition coefficient (Wildman–Crippen LogP) is 0.827. The van der Waals surface area contributed by atoms with Crippen molar-refractivity contribution < 1.29 is 17.9 Å². The first kappa shape index (κ1) is 14.7. The average molecular weight is 271 g/mol. The van der Waals surface area contributed by atoms with Gasteiger partial charge in [-0.2, -0.15) is 0 Å². The summed E-state index contributed by atoms with van der Waals surface area (Å²) in [6, 6.07) is 5.89. The molecule has 0 spiro atoms. The fourth-order valence-electron chi connectivity index (χ4n) is 1.45. The first-order valence-corrected chi connectivity index (χ1v) is 7.35. The van der Waals surface area contributed by atoms with Gasteiger partial charge in [-0.3, -0.25) is 0 Å². The highest BCUT2D eigenvalue weighted by Crippen LogP contribution is 2.21. The Hall–Kier alpha value is -1.40. The van der Waals surface area contributed by atoms with Crippen LogP contribution < -0.4 is 5.73 Å². The molecule has 1 aromatic carbocycles. The Bertz CT molecular complexity index is 532. The topological polar surface area (TPSA) is 86.5 Å². The van der Waals surface area contributed by atoms with Gasteiger partial charge in [-0.1, -0.05) is 12.1 Å². The molecule has 0 aliphatic rings. The van der Waals surface area contributed by atoms with E-state index in [2.05, 4.69) is 0 Å². The van der Waals surface area contributed by atoms with Gasteiger partial charge < -0.3 is 10.5 Å². The number of benzene rings is 1. The van der Waals surface area contributed by atoms with E-state index in [9.17, 15) is 13.2 Å². The summed E-state index contributed by atoms with van der Waals surface area (Å²) >= 11 is 0. The highest BCUT2D eigenvalue weighted by atomic mass is 32.2. The summed E-state index contributed by atoms with van der Waals surface area (Å²) in [6.07, 6.45) is 1.12. The number of nitrogens with two attached hydrogens (primary N) is 1. The van der Waals surface area contributed by atoms with Crippen molar-refractivity contribution in [2.45, 2.75) is 24.3 Å². The molecule has 0 fully saturated rings. The minimum absolute atomic E-state index is 0.186. The van der Waals surface area contributed by atoms with E-state index in [0.717, 1.165) is 6.26 Å². The minimum atomic E-state index is -3.25. The third kappa shape index (κ3) is 3.08. The molecule has 1 aromatic rings. The molecule has 0 radical (unpaired) electrons. The van der Waals surface area contributed by atoms with Crippen LogP contribution in [0.5, 0.6) is 0 Å². The molecule has 0 aliphatic carbocycles. The van der Waals surface area contributed by atoms with E-state index in [1.807, 2.05) is 0 Å². The van der Waals surface area contributed by atoms with Gasteiger partial charge in [0.15, 0.2) is 9.84 Å². The van der Waals surface area contributed by atoms with Crippen LogP contribution in [0.25, 0.3) is 0 Å². The number of esters is 1. The lowest BCUT2D eigenvalue weighted by Gasteiger charge is -2.22. The summed E-state index contributed by atoms with van der Waals surface area (Å²) in [6.45, 7) is 3.47. The van der Waals surface area contributed by atoms with Gasteiger partial charge in [-0.15, -0.1) is 0 Å². The van der Waals surface area contributed by atoms with Crippen LogP contribution in [-0.2, 0) is 24.9 Å². The molecule has 0 aromatic heterocycles. The number of sulfone groups is 1. The lowest BCUT2D eigenvalue weighted by atomic mass is 9.93. The molecule has 0 aliphatic heterocycles. The van der Waals surface area contributed by atoms with Crippen LogP contribution in [0.3, 0.4) is 0 Å². The molecule has 1 atom stereocenters. The van der Waals surface area contributed by atoms with Gasteiger partial charge in [0.1, 0.15) is 5.54 Å². The maximum absolute atomic E-state index is 11.7. The summed E-state index contributed by atoms with van der Waals surface area (Å²) < 4.78 is 27.5. The number of carbonyl (C=O) groups excluding carboxylic acids is 1. The van der Waals surface area contributed by atoms with Crippen LogP contribution in [-0.4, -0.2) is 27.2 Å². The van der Waals surface area contributed by atoms with Gasteiger partial charge in [-0.25, -0.2) is 13.2 Å².